The van der Waals surface area contributed by atoms with Gasteiger partial charge in [0.1, 0.15) is 37.9 Å². The zero-order chi connectivity index (χ0) is 28.4. The second-order valence-corrected chi connectivity index (χ2v) is 9.20. The van der Waals surface area contributed by atoms with Crippen molar-refractivity contribution < 1.29 is 28.5 Å². The number of carbonyl (C=O) groups excluding carboxylic acids is 2. The average Bonchev–Trinajstić information content (AvgIpc) is 2.99. The van der Waals surface area contributed by atoms with E-state index in [1.807, 2.05) is 85.8 Å². The molecule has 0 unspecified atom stereocenters. The summed E-state index contributed by atoms with van der Waals surface area (Å²) >= 11 is 0. The minimum Gasteiger partial charge on any atom is -0.489 e. The largest absolute Gasteiger partial charge is 0.489 e. The first kappa shape index (κ1) is 27.3. The van der Waals surface area contributed by atoms with Crippen molar-refractivity contribution in [3.8, 4) is 11.5 Å². The second kappa shape index (κ2) is 13.2. The predicted octanol–water partition coefficient (Wildman–Crippen LogP) is 7.56. The fraction of sp³-hybridized carbons (Fsp3) is 0.152. The van der Waals surface area contributed by atoms with Crippen LogP contribution in [-0.2, 0) is 9.47 Å². The van der Waals surface area contributed by atoms with Gasteiger partial charge in [0, 0.05) is 32.9 Å². The molecule has 208 valence electrons. The van der Waals surface area contributed by atoms with Crippen LogP contribution in [0.2, 0.25) is 0 Å². The first-order valence-electron chi connectivity index (χ1n) is 13.3. The van der Waals surface area contributed by atoms with Crippen LogP contribution in [0.25, 0.3) is 21.5 Å². The highest BCUT2D eigenvalue weighted by molar-refractivity contribution is 6.11. The summed E-state index contributed by atoms with van der Waals surface area (Å²) in [5, 5.41) is 8.83. The Morgan fingerprint density at radius 3 is 1.49 bits per heavy atom. The maximum Gasteiger partial charge on any atom is 0.411 e. The standard InChI is InChI=1S/C33H30N2O6/c1-23-16-17-28-29(22-23)31(39-19-21-41-33(37)35-25-12-6-3-7-13-25)27-15-9-8-14-26(27)30(28)38-18-20-40-32(36)34-24-10-4-2-5-11-24/h2-17,22H,18-21H2,1H3,(H,34,36)(H,35,37). The maximum absolute atomic E-state index is 12.2. The Bertz CT molecular complexity index is 1640. The maximum atomic E-state index is 12.2. The van der Waals surface area contributed by atoms with E-state index in [-0.39, 0.29) is 26.4 Å². The van der Waals surface area contributed by atoms with Crippen LogP contribution in [0, 0.1) is 6.92 Å². The molecule has 0 radical (unpaired) electrons. The van der Waals surface area contributed by atoms with E-state index in [0.717, 1.165) is 27.1 Å². The summed E-state index contributed by atoms with van der Waals surface area (Å²) in [6.07, 6.45) is -1.10. The Labute approximate surface area is 237 Å². The molecular weight excluding hydrogens is 520 g/mol. The molecule has 0 aliphatic heterocycles. The van der Waals surface area contributed by atoms with Crippen molar-refractivity contribution in [1.82, 2.24) is 0 Å². The molecule has 5 aromatic rings. The molecule has 0 aliphatic carbocycles. The smallest absolute Gasteiger partial charge is 0.411 e. The van der Waals surface area contributed by atoms with Gasteiger partial charge in [-0.05, 0) is 37.3 Å². The van der Waals surface area contributed by atoms with Crippen LogP contribution in [0.3, 0.4) is 0 Å². The van der Waals surface area contributed by atoms with Gasteiger partial charge in [-0.15, -0.1) is 0 Å². The molecule has 0 spiro atoms. The summed E-state index contributed by atoms with van der Waals surface area (Å²) in [4.78, 5) is 24.3. The number of fused-ring (bicyclic) bond motifs is 2. The number of anilines is 2. The molecule has 41 heavy (non-hydrogen) atoms. The highest BCUT2D eigenvalue weighted by atomic mass is 16.6. The van der Waals surface area contributed by atoms with Crippen LogP contribution in [0.5, 0.6) is 11.5 Å². The number of para-hydroxylation sites is 2. The molecule has 0 bridgehead atoms. The number of carbonyl (C=O) groups is 2. The number of amides is 2. The quantitative estimate of drug-likeness (QED) is 0.138. The lowest BCUT2D eigenvalue weighted by Crippen LogP contribution is -2.18. The van der Waals surface area contributed by atoms with Gasteiger partial charge < -0.3 is 18.9 Å². The van der Waals surface area contributed by atoms with Gasteiger partial charge >= 0.3 is 12.2 Å². The molecule has 0 saturated heterocycles. The van der Waals surface area contributed by atoms with E-state index in [0.29, 0.717) is 22.9 Å². The van der Waals surface area contributed by atoms with Crippen LogP contribution in [0.4, 0.5) is 21.0 Å². The summed E-state index contributed by atoms with van der Waals surface area (Å²) in [5.41, 5.74) is 2.37. The van der Waals surface area contributed by atoms with Gasteiger partial charge in [0.15, 0.2) is 0 Å². The molecule has 0 aliphatic rings. The number of nitrogens with one attached hydrogen (secondary N) is 2. The molecule has 8 heteroatoms. The van der Waals surface area contributed by atoms with Crippen molar-refractivity contribution in [3.63, 3.8) is 0 Å². The molecule has 5 aromatic carbocycles. The van der Waals surface area contributed by atoms with E-state index >= 15 is 0 Å². The van der Waals surface area contributed by atoms with Gasteiger partial charge in [-0.2, -0.15) is 0 Å². The number of rotatable bonds is 10. The summed E-state index contributed by atoms with van der Waals surface area (Å²) in [5.74, 6) is 1.35. The summed E-state index contributed by atoms with van der Waals surface area (Å²) in [6, 6.07) is 32.0. The van der Waals surface area contributed by atoms with Crippen molar-refractivity contribution in [2.75, 3.05) is 37.1 Å². The fourth-order valence-electron chi connectivity index (χ4n) is 4.43. The molecule has 0 fully saturated rings. The number of ether oxygens (including phenoxy) is 4. The monoisotopic (exact) mass is 550 g/mol. The lowest BCUT2D eigenvalue weighted by molar-refractivity contribution is 0.137. The first-order chi connectivity index (χ1) is 20.1. The SMILES string of the molecule is Cc1ccc2c(OCCOC(=O)Nc3ccccc3)c3ccccc3c(OCCOC(=O)Nc3ccccc3)c2c1. The molecule has 0 heterocycles. The van der Waals surface area contributed by atoms with Crippen LogP contribution in [0.1, 0.15) is 5.56 Å². The fourth-order valence-corrected chi connectivity index (χ4v) is 4.43. The zero-order valence-electron chi connectivity index (χ0n) is 22.6. The minimum atomic E-state index is -0.548. The third kappa shape index (κ3) is 7.05. The molecule has 2 amide bonds. The van der Waals surface area contributed by atoms with E-state index in [1.165, 1.54) is 0 Å². The topological polar surface area (TPSA) is 95.1 Å². The normalized spacial score (nSPS) is 10.7. The van der Waals surface area contributed by atoms with Gasteiger partial charge in [0.25, 0.3) is 0 Å². The Kier molecular flexibility index (Phi) is 8.81. The van der Waals surface area contributed by atoms with E-state index < -0.39 is 12.2 Å². The number of hydrogen-bond donors (Lipinski definition) is 2. The lowest BCUT2D eigenvalue weighted by atomic mass is 9.99. The molecule has 2 N–H and O–H groups in total. The predicted molar refractivity (Wildman–Crippen MR) is 160 cm³/mol. The molecule has 0 saturated carbocycles. The molecule has 0 aromatic heterocycles. The number of aryl methyl sites for hydroxylation is 1. The van der Waals surface area contributed by atoms with Gasteiger partial charge in [-0.25, -0.2) is 9.59 Å². The van der Waals surface area contributed by atoms with Crippen molar-refractivity contribution in [2.24, 2.45) is 0 Å². The van der Waals surface area contributed by atoms with Gasteiger partial charge in [-0.3, -0.25) is 10.6 Å². The van der Waals surface area contributed by atoms with Gasteiger partial charge in [0.05, 0.1) is 0 Å². The van der Waals surface area contributed by atoms with E-state index in [9.17, 15) is 9.59 Å². The van der Waals surface area contributed by atoms with E-state index in [2.05, 4.69) is 10.6 Å². The van der Waals surface area contributed by atoms with E-state index in [1.54, 1.807) is 24.3 Å². The Morgan fingerprint density at radius 2 is 0.976 bits per heavy atom. The third-order valence-corrected chi connectivity index (χ3v) is 6.25. The van der Waals surface area contributed by atoms with Crippen molar-refractivity contribution in [3.05, 3.63) is 109 Å². The highest BCUT2D eigenvalue weighted by Gasteiger charge is 2.17. The van der Waals surface area contributed by atoms with Gasteiger partial charge in [-0.1, -0.05) is 78.4 Å². The summed E-state index contributed by atoms with van der Waals surface area (Å²) in [6.45, 7) is 2.48. The minimum absolute atomic E-state index is 0.0704. The Hall–Kier alpha value is -5.24. The average molecular weight is 551 g/mol. The van der Waals surface area contributed by atoms with Crippen LogP contribution in [-0.4, -0.2) is 38.6 Å². The molecular formula is C33H30N2O6. The summed E-state index contributed by atoms with van der Waals surface area (Å²) < 4.78 is 23.0. The zero-order valence-corrected chi connectivity index (χ0v) is 22.6. The lowest BCUT2D eigenvalue weighted by Gasteiger charge is -2.18. The molecule has 0 atom stereocenters. The van der Waals surface area contributed by atoms with Crippen LogP contribution in [0.15, 0.2) is 103 Å². The first-order valence-corrected chi connectivity index (χ1v) is 13.3. The third-order valence-electron chi connectivity index (χ3n) is 6.25. The number of benzene rings is 5. The van der Waals surface area contributed by atoms with Crippen molar-refractivity contribution in [2.45, 2.75) is 6.92 Å². The Balaban J connectivity index is 1.27. The van der Waals surface area contributed by atoms with Gasteiger partial charge in [0.2, 0.25) is 0 Å². The van der Waals surface area contributed by atoms with Crippen molar-refractivity contribution in [1.29, 1.82) is 0 Å². The summed E-state index contributed by atoms with van der Waals surface area (Å²) in [7, 11) is 0. The van der Waals surface area contributed by atoms with E-state index in [4.69, 9.17) is 18.9 Å². The Morgan fingerprint density at radius 1 is 0.537 bits per heavy atom. The molecule has 8 nitrogen and oxygen atoms in total. The van der Waals surface area contributed by atoms with Crippen LogP contribution < -0.4 is 20.1 Å². The highest BCUT2D eigenvalue weighted by Crippen LogP contribution is 2.43. The van der Waals surface area contributed by atoms with Crippen molar-refractivity contribution >= 4 is 45.1 Å². The number of hydrogen-bond acceptors (Lipinski definition) is 6. The molecule has 5 rings (SSSR count). The second-order valence-electron chi connectivity index (χ2n) is 9.20. The van der Waals surface area contributed by atoms with Crippen LogP contribution >= 0.6 is 0 Å².